The van der Waals surface area contributed by atoms with Crippen LogP contribution in [0.5, 0.6) is 5.75 Å². The molecule has 0 saturated carbocycles. The fourth-order valence-electron chi connectivity index (χ4n) is 1.76. The highest BCUT2D eigenvalue weighted by Crippen LogP contribution is 2.12. The van der Waals surface area contributed by atoms with E-state index in [4.69, 9.17) is 10.00 Å². The summed E-state index contributed by atoms with van der Waals surface area (Å²) in [5, 5.41) is 14.7. The fourth-order valence-corrected chi connectivity index (χ4v) is 1.76. The Labute approximate surface area is 132 Å². The maximum absolute atomic E-state index is 11.8. The van der Waals surface area contributed by atoms with Crippen LogP contribution in [0.15, 0.2) is 36.0 Å². The van der Waals surface area contributed by atoms with Gasteiger partial charge in [-0.1, -0.05) is 26.0 Å². The molecule has 0 aliphatic rings. The molecule has 0 atom stereocenters. The molecule has 0 spiro atoms. The van der Waals surface area contributed by atoms with Gasteiger partial charge in [0.1, 0.15) is 17.4 Å². The van der Waals surface area contributed by atoms with Gasteiger partial charge in [-0.2, -0.15) is 5.26 Å². The van der Waals surface area contributed by atoms with Gasteiger partial charge in [-0.25, -0.2) is 0 Å². The van der Waals surface area contributed by atoms with Gasteiger partial charge >= 0.3 is 0 Å². The number of nitriles is 1. The maximum Gasteiger partial charge on any atom is 0.263 e. The first-order valence-electron chi connectivity index (χ1n) is 7.31. The van der Waals surface area contributed by atoms with Crippen LogP contribution in [0.2, 0.25) is 0 Å². The smallest absolute Gasteiger partial charge is 0.263 e. The van der Waals surface area contributed by atoms with Crippen molar-refractivity contribution in [2.75, 3.05) is 20.2 Å². The van der Waals surface area contributed by atoms with Crippen LogP contribution in [0.25, 0.3) is 0 Å². The second-order valence-corrected chi connectivity index (χ2v) is 5.33. The van der Waals surface area contributed by atoms with Crippen molar-refractivity contribution >= 4 is 5.91 Å². The highest BCUT2D eigenvalue weighted by Gasteiger charge is 2.08. The number of methoxy groups -OCH3 is 1. The monoisotopic (exact) mass is 301 g/mol. The second kappa shape index (κ2) is 9.46. The van der Waals surface area contributed by atoms with Crippen LogP contribution in [0.3, 0.4) is 0 Å². The average molecular weight is 301 g/mol. The highest BCUT2D eigenvalue weighted by atomic mass is 16.5. The van der Waals surface area contributed by atoms with E-state index in [1.807, 2.05) is 44.2 Å². The minimum Gasteiger partial charge on any atom is -0.497 e. The van der Waals surface area contributed by atoms with Gasteiger partial charge in [-0.15, -0.1) is 0 Å². The van der Waals surface area contributed by atoms with Gasteiger partial charge < -0.3 is 15.4 Å². The summed E-state index contributed by atoms with van der Waals surface area (Å²) in [6.07, 6.45) is 2.25. The van der Waals surface area contributed by atoms with Crippen LogP contribution in [0.4, 0.5) is 0 Å². The van der Waals surface area contributed by atoms with Crippen molar-refractivity contribution in [3.05, 3.63) is 41.6 Å². The molecule has 0 aromatic heterocycles. The van der Waals surface area contributed by atoms with E-state index < -0.39 is 0 Å². The van der Waals surface area contributed by atoms with Gasteiger partial charge in [0.05, 0.1) is 7.11 Å². The van der Waals surface area contributed by atoms with Gasteiger partial charge in [-0.05, 0) is 30.0 Å². The molecule has 5 nitrogen and oxygen atoms in total. The van der Waals surface area contributed by atoms with E-state index in [1.165, 1.54) is 6.20 Å². The maximum atomic E-state index is 11.8. The summed E-state index contributed by atoms with van der Waals surface area (Å²) in [6.45, 7) is 5.20. The molecular weight excluding hydrogens is 278 g/mol. The third-order valence-electron chi connectivity index (χ3n) is 2.97. The molecule has 0 aliphatic heterocycles. The molecule has 1 rings (SSSR count). The Kier molecular flexibility index (Phi) is 7.55. The minimum atomic E-state index is -0.343. The molecule has 1 aromatic carbocycles. The molecule has 1 aromatic rings. The Bertz CT molecular complexity index is 559. The Hall–Kier alpha value is -2.48. The molecule has 22 heavy (non-hydrogen) atoms. The molecule has 5 heteroatoms. The summed E-state index contributed by atoms with van der Waals surface area (Å²) in [7, 11) is 1.63. The summed E-state index contributed by atoms with van der Waals surface area (Å²) in [4.78, 5) is 11.8. The summed E-state index contributed by atoms with van der Waals surface area (Å²) in [5.41, 5.74) is 1.22. The topological polar surface area (TPSA) is 74.1 Å². The zero-order valence-electron chi connectivity index (χ0n) is 13.3. The van der Waals surface area contributed by atoms with Gasteiger partial charge in [0, 0.05) is 19.3 Å². The molecule has 1 amide bonds. The van der Waals surface area contributed by atoms with Gasteiger partial charge in [0.25, 0.3) is 5.91 Å². The Balaban J connectivity index is 2.45. The molecule has 0 aliphatic carbocycles. The predicted molar refractivity (Wildman–Crippen MR) is 86.2 cm³/mol. The SMILES string of the molecule is COc1cccc(CCN/C=C(/C#N)C(=O)NCC(C)C)c1. The van der Waals surface area contributed by atoms with E-state index in [-0.39, 0.29) is 11.5 Å². The van der Waals surface area contributed by atoms with Crippen molar-refractivity contribution in [3.8, 4) is 11.8 Å². The Morgan fingerprint density at radius 1 is 1.45 bits per heavy atom. The molecule has 0 saturated heterocycles. The molecule has 0 heterocycles. The van der Waals surface area contributed by atoms with E-state index in [2.05, 4.69) is 10.6 Å². The van der Waals surface area contributed by atoms with Crippen LogP contribution in [0.1, 0.15) is 19.4 Å². The van der Waals surface area contributed by atoms with Crippen LogP contribution in [-0.2, 0) is 11.2 Å². The third kappa shape index (κ3) is 6.31. The second-order valence-electron chi connectivity index (χ2n) is 5.33. The first-order chi connectivity index (χ1) is 10.6. The van der Waals surface area contributed by atoms with E-state index in [1.54, 1.807) is 7.11 Å². The number of rotatable bonds is 8. The molecule has 0 fully saturated rings. The van der Waals surface area contributed by atoms with Crippen LogP contribution in [0, 0.1) is 17.2 Å². The van der Waals surface area contributed by atoms with Crippen molar-refractivity contribution in [1.29, 1.82) is 5.26 Å². The number of hydrogen-bond donors (Lipinski definition) is 2. The number of benzene rings is 1. The lowest BCUT2D eigenvalue weighted by molar-refractivity contribution is -0.117. The number of carbonyl (C=O) groups excluding carboxylic acids is 1. The first-order valence-corrected chi connectivity index (χ1v) is 7.31. The number of carbonyl (C=O) groups is 1. The quantitative estimate of drug-likeness (QED) is 0.437. The third-order valence-corrected chi connectivity index (χ3v) is 2.97. The van der Waals surface area contributed by atoms with Crippen LogP contribution < -0.4 is 15.4 Å². The minimum absolute atomic E-state index is 0.0892. The van der Waals surface area contributed by atoms with E-state index in [9.17, 15) is 4.79 Å². The zero-order valence-corrected chi connectivity index (χ0v) is 13.3. The number of nitrogens with one attached hydrogen (secondary N) is 2. The first kappa shape index (κ1) is 17.6. The molecule has 0 bridgehead atoms. The van der Waals surface area contributed by atoms with E-state index >= 15 is 0 Å². The normalized spacial score (nSPS) is 11.0. The van der Waals surface area contributed by atoms with Crippen LogP contribution in [-0.4, -0.2) is 26.1 Å². The summed E-state index contributed by atoms with van der Waals surface area (Å²) in [5.74, 6) is 0.828. The molecule has 2 N–H and O–H groups in total. The summed E-state index contributed by atoms with van der Waals surface area (Å²) < 4.78 is 5.17. The van der Waals surface area contributed by atoms with Gasteiger partial charge in [0.2, 0.25) is 0 Å². The number of nitrogens with zero attached hydrogens (tertiary/aromatic N) is 1. The van der Waals surface area contributed by atoms with Gasteiger partial charge in [-0.3, -0.25) is 4.79 Å². The molecular formula is C17H23N3O2. The van der Waals surface area contributed by atoms with Gasteiger partial charge in [0.15, 0.2) is 0 Å². The molecule has 0 unspecified atom stereocenters. The predicted octanol–water partition coefficient (Wildman–Crippen LogP) is 2.01. The Morgan fingerprint density at radius 2 is 2.23 bits per heavy atom. The Morgan fingerprint density at radius 3 is 2.86 bits per heavy atom. The largest absolute Gasteiger partial charge is 0.497 e. The van der Waals surface area contributed by atoms with E-state index in [0.29, 0.717) is 19.0 Å². The number of hydrogen-bond acceptors (Lipinski definition) is 4. The van der Waals surface area contributed by atoms with Crippen molar-refractivity contribution in [2.45, 2.75) is 20.3 Å². The lowest BCUT2D eigenvalue weighted by atomic mass is 10.1. The number of amides is 1. The zero-order chi connectivity index (χ0) is 16.4. The summed E-state index contributed by atoms with van der Waals surface area (Å²) >= 11 is 0. The summed E-state index contributed by atoms with van der Waals surface area (Å²) in [6, 6.07) is 9.71. The standard InChI is InChI=1S/C17H23N3O2/c1-13(2)11-20-17(21)15(10-18)12-19-8-7-14-5-4-6-16(9-14)22-3/h4-6,9,12-13,19H,7-8,11H2,1-3H3,(H,20,21)/b15-12-. The average Bonchev–Trinajstić information content (AvgIpc) is 2.53. The molecule has 0 radical (unpaired) electrons. The van der Waals surface area contributed by atoms with Crippen molar-refractivity contribution in [1.82, 2.24) is 10.6 Å². The molecule has 118 valence electrons. The lowest BCUT2D eigenvalue weighted by Crippen LogP contribution is -2.29. The highest BCUT2D eigenvalue weighted by molar-refractivity contribution is 5.97. The van der Waals surface area contributed by atoms with Crippen molar-refractivity contribution in [2.24, 2.45) is 5.92 Å². The number of ether oxygens (including phenoxy) is 1. The van der Waals surface area contributed by atoms with Crippen LogP contribution >= 0.6 is 0 Å². The van der Waals surface area contributed by atoms with Crippen molar-refractivity contribution < 1.29 is 9.53 Å². The lowest BCUT2D eigenvalue weighted by Gasteiger charge is -2.07. The fraction of sp³-hybridized carbons (Fsp3) is 0.412. The van der Waals surface area contributed by atoms with E-state index in [0.717, 1.165) is 17.7 Å². The van der Waals surface area contributed by atoms with Crippen molar-refractivity contribution in [3.63, 3.8) is 0 Å².